The molecule has 0 amide bonds. The van der Waals surface area contributed by atoms with Crippen molar-refractivity contribution in [3.05, 3.63) is 56.8 Å². The Morgan fingerprint density at radius 3 is 2.40 bits per heavy atom. The number of hydrogen-bond donors (Lipinski definition) is 0. The summed E-state index contributed by atoms with van der Waals surface area (Å²) in [5.74, 6) is 0. The number of nitrogens with zero attached hydrogens (tertiary/aromatic N) is 2. The maximum atomic E-state index is 13.4. The molecule has 1 aliphatic rings. The summed E-state index contributed by atoms with van der Waals surface area (Å²) >= 11 is 1.43. The Bertz CT molecular complexity index is 940. The molecule has 1 aromatic heterocycles. The second-order valence-corrected chi connectivity index (χ2v) is 7.97. The summed E-state index contributed by atoms with van der Waals surface area (Å²) in [5, 5.41) is 1.90. The SMILES string of the molecule is CCCCCCc1ccsc1C1=NC(c2ccc(C(F)(F)F)cc2C(F)(F)F)N=C1. The van der Waals surface area contributed by atoms with E-state index in [9.17, 15) is 26.3 Å². The normalized spacial score (nSPS) is 16.9. The van der Waals surface area contributed by atoms with Crippen LogP contribution in [0.4, 0.5) is 26.3 Å². The molecular formula is C21H20F6N2S. The van der Waals surface area contributed by atoms with E-state index >= 15 is 0 Å². The minimum Gasteiger partial charge on any atom is -0.259 e. The van der Waals surface area contributed by atoms with Gasteiger partial charge in [-0.25, -0.2) is 0 Å². The Labute approximate surface area is 174 Å². The molecule has 0 radical (unpaired) electrons. The maximum Gasteiger partial charge on any atom is 0.416 e. The van der Waals surface area contributed by atoms with E-state index in [1.54, 1.807) is 0 Å². The Morgan fingerprint density at radius 2 is 1.73 bits per heavy atom. The van der Waals surface area contributed by atoms with E-state index in [0.717, 1.165) is 48.6 Å². The number of unbranched alkanes of at least 4 members (excludes halogenated alkanes) is 3. The van der Waals surface area contributed by atoms with Gasteiger partial charge in [0.25, 0.3) is 0 Å². The first-order valence-corrected chi connectivity index (χ1v) is 10.4. The van der Waals surface area contributed by atoms with Gasteiger partial charge in [-0.15, -0.1) is 11.3 Å². The fourth-order valence-electron chi connectivity index (χ4n) is 3.31. The maximum absolute atomic E-state index is 13.4. The highest BCUT2D eigenvalue weighted by Gasteiger charge is 2.40. The molecule has 1 atom stereocenters. The zero-order chi connectivity index (χ0) is 21.9. The minimum atomic E-state index is -4.95. The van der Waals surface area contributed by atoms with Crippen molar-refractivity contribution in [2.75, 3.05) is 0 Å². The monoisotopic (exact) mass is 446 g/mol. The summed E-state index contributed by atoms with van der Waals surface area (Å²) < 4.78 is 79.0. The molecular weight excluding hydrogens is 426 g/mol. The molecule has 3 rings (SSSR count). The lowest BCUT2D eigenvalue weighted by molar-refractivity contribution is -0.143. The minimum absolute atomic E-state index is 0.128. The summed E-state index contributed by atoms with van der Waals surface area (Å²) in [6.07, 6.45) is -4.43. The third-order valence-corrected chi connectivity index (χ3v) is 5.82. The van der Waals surface area contributed by atoms with Crippen LogP contribution in [0.3, 0.4) is 0 Å². The van der Waals surface area contributed by atoms with Gasteiger partial charge in [0.1, 0.15) is 0 Å². The number of hydrogen-bond acceptors (Lipinski definition) is 3. The van der Waals surface area contributed by atoms with Crippen LogP contribution in [0.5, 0.6) is 0 Å². The molecule has 1 unspecified atom stereocenters. The molecule has 1 aliphatic heterocycles. The molecule has 0 fully saturated rings. The fourth-order valence-corrected chi connectivity index (χ4v) is 4.23. The summed E-state index contributed by atoms with van der Waals surface area (Å²) in [4.78, 5) is 9.20. The van der Waals surface area contributed by atoms with E-state index in [1.807, 2.05) is 11.4 Å². The van der Waals surface area contributed by atoms with Crippen molar-refractivity contribution in [2.45, 2.75) is 57.5 Å². The van der Waals surface area contributed by atoms with Crippen molar-refractivity contribution < 1.29 is 26.3 Å². The highest BCUT2D eigenvalue weighted by molar-refractivity contribution is 7.13. The first-order valence-electron chi connectivity index (χ1n) is 9.57. The molecule has 1 aromatic carbocycles. The first-order chi connectivity index (χ1) is 14.1. The number of aliphatic imine (C=N–C) groups is 2. The van der Waals surface area contributed by atoms with Gasteiger partial charge in [-0.2, -0.15) is 26.3 Å². The predicted molar refractivity (Wildman–Crippen MR) is 106 cm³/mol. The van der Waals surface area contributed by atoms with Crippen LogP contribution in [0.25, 0.3) is 0 Å². The van der Waals surface area contributed by atoms with Crippen LogP contribution in [0.15, 0.2) is 39.6 Å². The van der Waals surface area contributed by atoms with Crippen molar-refractivity contribution in [1.82, 2.24) is 0 Å². The van der Waals surface area contributed by atoms with Crippen molar-refractivity contribution >= 4 is 23.3 Å². The Kier molecular flexibility index (Phi) is 6.69. The molecule has 0 saturated heterocycles. The lowest BCUT2D eigenvalue weighted by Gasteiger charge is -2.17. The molecule has 0 N–H and O–H groups in total. The number of benzene rings is 1. The Hall–Kier alpha value is -2.16. The number of alkyl halides is 6. The molecule has 2 aromatic rings. The van der Waals surface area contributed by atoms with Gasteiger partial charge in [0.2, 0.25) is 0 Å². The van der Waals surface area contributed by atoms with E-state index in [1.165, 1.54) is 17.6 Å². The second-order valence-electron chi connectivity index (χ2n) is 7.05. The van der Waals surface area contributed by atoms with Crippen molar-refractivity contribution in [1.29, 1.82) is 0 Å². The van der Waals surface area contributed by atoms with Crippen LogP contribution >= 0.6 is 11.3 Å². The summed E-state index contributed by atoms with van der Waals surface area (Å²) in [6.45, 7) is 2.12. The van der Waals surface area contributed by atoms with Crippen LogP contribution in [-0.4, -0.2) is 11.9 Å². The molecule has 2 heterocycles. The van der Waals surface area contributed by atoms with Gasteiger partial charge in [0.05, 0.1) is 27.9 Å². The molecule has 30 heavy (non-hydrogen) atoms. The molecule has 0 aliphatic carbocycles. The predicted octanol–water partition coefficient (Wildman–Crippen LogP) is 7.48. The first kappa shape index (κ1) is 22.5. The highest BCUT2D eigenvalue weighted by atomic mass is 32.1. The van der Waals surface area contributed by atoms with Gasteiger partial charge in [-0.05, 0) is 42.0 Å². The molecule has 162 valence electrons. The van der Waals surface area contributed by atoms with Gasteiger partial charge < -0.3 is 0 Å². The van der Waals surface area contributed by atoms with Gasteiger partial charge in [-0.1, -0.05) is 32.3 Å². The van der Waals surface area contributed by atoms with Crippen molar-refractivity contribution in [3.8, 4) is 0 Å². The molecule has 0 spiro atoms. The van der Waals surface area contributed by atoms with E-state index in [0.29, 0.717) is 11.8 Å². The molecule has 0 saturated carbocycles. The third-order valence-electron chi connectivity index (χ3n) is 4.84. The Morgan fingerprint density at radius 1 is 0.967 bits per heavy atom. The van der Waals surface area contributed by atoms with Gasteiger partial charge in [0.15, 0.2) is 6.17 Å². The quantitative estimate of drug-likeness (QED) is 0.311. The van der Waals surface area contributed by atoms with Gasteiger partial charge >= 0.3 is 12.4 Å². The number of aryl methyl sites for hydroxylation is 1. The number of thiophene rings is 1. The summed E-state index contributed by atoms with van der Waals surface area (Å²) in [7, 11) is 0. The van der Waals surface area contributed by atoms with Crippen molar-refractivity contribution in [2.24, 2.45) is 9.98 Å². The van der Waals surface area contributed by atoms with Crippen LogP contribution in [0, 0.1) is 0 Å². The fraction of sp³-hybridized carbons (Fsp3) is 0.429. The van der Waals surface area contributed by atoms with E-state index in [4.69, 9.17) is 0 Å². The zero-order valence-electron chi connectivity index (χ0n) is 16.1. The topological polar surface area (TPSA) is 24.7 Å². The lowest BCUT2D eigenvalue weighted by atomic mass is 10.0. The smallest absolute Gasteiger partial charge is 0.259 e. The van der Waals surface area contributed by atoms with E-state index < -0.39 is 29.6 Å². The van der Waals surface area contributed by atoms with Crippen LogP contribution in [-0.2, 0) is 18.8 Å². The average Bonchev–Trinajstić information content (AvgIpc) is 3.32. The molecule has 9 heteroatoms. The second kappa shape index (κ2) is 8.91. The standard InChI is InChI=1S/C21H20F6N2S/c1-2-3-4-5-6-13-9-10-30-18(13)17-12-28-19(29-17)15-8-7-14(20(22,23)24)11-16(15)21(25,26)27/h7-12,19H,2-6H2,1H3. The highest BCUT2D eigenvalue weighted by Crippen LogP contribution is 2.41. The third kappa shape index (κ3) is 5.11. The number of halogens is 6. The Balaban J connectivity index is 1.88. The van der Waals surface area contributed by atoms with Crippen LogP contribution in [0.2, 0.25) is 0 Å². The zero-order valence-corrected chi connectivity index (χ0v) is 17.0. The van der Waals surface area contributed by atoms with Gasteiger partial charge in [-0.3, -0.25) is 9.98 Å². The summed E-state index contributed by atoms with van der Waals surface area (Å²) in [6, 6.07) is 3.55. The number of rotatable bonds is 7. The van der Waals surface area contributed by atoms with Crippen LogP contribution in [0.1, 0.15) is 65.9 Å². The van der Waals surface area contributed by atoms with E-state index in [2.05, 4.69) is 16.9 Å². The largest absolute Gasteiger partial charge is 0.416 e. The van der Waals surface area contributed by atoms with Gasteiger partial charge in [0, 0.05) is 5.56 Å². The van der Waals surface area contributed by atoms with E-state index in [-0.39, 0.29) is 11.6 Å². The molecule has 0 bridgehead atoms. The summed E-state index contributed by atoms with van der Waals surface area (Å²) in [5.41, 5.74) is -1.57. The lowest BCUT2D eigenvalue weighted by Crippen LogP contribution is -2.14. The average molecular weight is 446 g/mol. The van der Waals surface area contributed by atoms with Crippen molar-refractivity contribution in [3.63, 3.8) is 0 Å². The van der Waals surface area contributed by atoms with Crippen LogP contribution < -0.4 is 0 Å². The molecule has 2 nitrogen and oxygen atoms in total.